The average molecular weight is 436 g/mol. The Kier molecular flexibility index (Phi) is 7.58. The molecule has 1 atom stereocenters. The molecule has 1 heterocycles. The molecule has 0 radical (unpaired) electrons. The van der Waals surface area contributed by atoms with Crippen molar-refractivity contribution in [2.24, 2.45) is 5.92 Å². The first kappa shape index (κ1) is 22.7. The quantitative estimate of drug-likeness (QED) is 0.546. The van der Waals surface area contributed by atoms with Gasteiger partial charge in [-0.15, -0.1) is 11.3 Å². The smallest absolute Gasteiger partial charge is 0.251 e. The number of thiazole rings is 1. The molecule has 0 aliphatic heterocycles. The Bertz CT molecular complexity index is 1020. The molecule has 0 spiro atoms. The molecule has 31 heavy (non-hydrogen) atoms. The van der Waals surface area contributed by atoms with Crippen molar-refractivity contribution in [2.45, 2.75) is 40.2 Å². The van der Waals surface area contributed by atoms with E-state index >= 15 is 0 Å². The standard InChI is InChI=1S/C25H29N3O2S/c1-16(2)23(28-24(29)21-9-5-17(3)6-10-21)25(30)26-14-13-19-7-11-20(12-8-19)22-15-31-18(4)27-22/h5-12,15-16,23H,13-14H2,1-4H3,(H,26,30)(H,28,29). The minimum Gasteiger partial charge on any atom is -0.354 e. The fourth-order valence-corrected chi connectivity index (χ4v) is 3.86. The maximum atomic E-state index is 12.7. The third-order valence-electron chi connectivity index (χ3n) is 5.13. The van der Waals surface area contributed by atoms with E-state index in [2.05, 4.69) is 45.3 Å². The Balaban J connectivity index is 1.52. The molecule has 6 heteroatoms. The highest BCUT2D eigenvalue weighted by Crippen LogP contribution is 2.21. The van der Waals surface area contributed by atoms with E-state index in [1.807, 2.05) is 39.8 Å². The summed E-state index contributed by atoms with van der Waals surface area (Å²) in [6, 6.07) is 15.0. The van der Waals surface area contributed by atoms with Gasteiger partial charge in [-0.25, -0.2) is 4.98 Å². The first-order chi connectivity index (χ1) is 14.8. The molecule has 0 saturated carbocycles. The summed E-state index contributed by atoms with van der Waals surface area (Å²) in [7, 11) is 0. The molecule has 1 unspecified atom stereocenters. The summed E-state index contributed by atoms with van der Waals surface area (Å²) in [4.78, 5) is 29.7. The van der Waals surface area contributed by atoms with E-state index in [4.69, 9.17) is 0 Å². The maximum Gasteiger partial charge on any atom is 0.251 e. The Morgan fingerprint density at radius 3 is 2.26 bits per heavy atom. The van der Waals surface area contributed by atoms with E-state index in [1.165, 1.54) is 0 Å². The van der Waals surface area contributed by atoms with Gasteiger partial charge in [0, 0.05) is 23.1 Å². The second-order valence-electron chi connectivity index (χ2n) is 8.05. The number of aryl methyl sites for hydroxylation is 2. The van der Waals surface area contributed by atoms with E-state index < -0.39 is 6.04 Å². The highest BCUT2D eigenvalue weighted by atomic mass is 32.1. The summed E-state index contributed by atoms with van der Waals surface area (Å²) in [5.41, 5.74) is 4.87. The van der Waals surface area contributed by atoms with E-state index in [9.17, 15) is 9.59 Å². The van der Waals surface area contributed by atoms with Gasteiger partial charge in [0.2, 0.25) is 5.91 Å². The zero-order valence-corrected chi connectivity index (χ0v) is 19.3. The molecular formula is C25H29N3O2S. The van der Waals surface area contributed by atoms with Crippen molar-refractivity contribution >= 4 is 23.2 Å². The van der Waals surface area contributed by atoms with Gasteiger partial charge in [0.15, 0.2) is 0 Å². The highest BCUT2D eigenvalue weighted by molar-refractivity contribution is 7.09. The van der Waals surface area contributed by atoms with Crippen molar-refractivity contribution in [3.8, 4) is 11.3 Å². The van der Waals surface area contributed by atoms with Gasteiger partial charge in [0.1, 0.15) is 6.04 Å². The predicted octanol–water partition coefficient (Wildman–Crippen LogP) is 4.54. The number of benzene rings is 2. The topological polar surface area (TPSA) is 71.1 Å². The monoisotopic (exact) mass is 435 g/mol. The Hall–Kier alpha value is -2.99. The molecule has 0 bridgehead atoms. The number of carbonyl (C=O) groups is 2. The molecule has 2 amide bonds. The van der Waals surface area contributed by atoms with Crippen molar-refractivity contribution in [3.63, 3.8) is 0 Å². The lowest BCUT2D eigenvalue weighted by Crippen LogP contribution is -2.50. The molecule has 0 saturated heterocycles. The van der Waals surface area contributed by atoms with E-state index in [1.54, 1.807) is 23.5 Å². The largest absolute Gasteiger partial charge is 0.354 e. The lowest BCUT2D eigenvalue weighted by Gasteiger charge is -2.22. The maximum absolute atomic E-state index is 12.7. The second-order valence-corrected chi connectivity index (χ2v) is 9.11. The minimum atomic E-state index is -0.580. The molecule has 0 aliphatic rings. The Morgan fingerprint density at radius 1 is 1.00 bits per heavy atom. The van der Waals surface area contributed by atoms with Crippen LogP contribution in [0.15, 0.2) is 53.9 Å². The van der Waals surface area contributed by atoms with Gasteiger partial charge in [-0.3, -0.25) is 9.59 Å². The first-order valence-electron chi connectivity index (χ1n) is 10.5. The van der Waals surface area contributed by atoms with Crippen LogP contribution in [-0.2, 0) is 11.2 Å². The number of amides is 2. The Morgan fingerprint density at radius 2 is 1.68 bits per heavy atom. The van der Waals surface area contributed by atoms with Crippen molar-refractivity contribution in [1.82, 2.24) is 15.6 Å². The molecular weight excluding hydrogens is 406 g/mol. The summed E-state index contributed by atoms with van der Waals surface area (Å²) < 4.78 is 0. The van der Waals surface area contributed by atoms with Crippen molar-refractivity contribution < 1.29 is 9.59 Å². The average Bonchev–Trinajstić information content (AvgIpc) is 3.18. The van der Waals surface area contributed by atoms with Crippen LogP contribution in [0, 0.1) is 19.8 Å². The van der Waals surface area contributed by atoms with Gasteiger partial charge < -0.3 is 10.6 Å². The van der Waals surface area contributed by atoms with Crippen LogP contribution in [0.25, 0.3) is 11.3 Å². The van der Waals surface area contributed by atoms with Crippen molar-refractivity contribution in [3.05, 3.63) is 75.6 Å². The van der Waals surface area contributed by atoms with Crippen molar-refractivity contribution in [1.29, 1.82) is 0 Å². The molecule has 5 nitrogen and oxygen atoms in total. The zero-order chi connectivity index (χ0) is 22.4. The van der Waals surface area contributed by atoms with Crippen LogP contribution in [-0.4, -0.2) is 29.4 Å². The minimum absolute atomic E-state index is 0.0183. The number of rotatable bonds is 8. The van der Waals surface area contributed by atoms with Crippen LogP contribution in [0.5, 0.6) is 0 Å². The van der Waals surface area contributed by atoms with Crippen molar-refractivity contribution in [2.75, 3.05) is 6.54 Å². The summed E-state index contributed by atoms with van der Waals surface area (Å²) in [6.07, 6.45) is 0.721. The fourth-order valence-electron chi connectivity index (χ4n) is 3.24. The number of hydrogen-bond acceptors (Lipinski definition) is 4. The van der Waals surface area contributed by atoms with Gasteiger partial charge >= 0.3 is 0 Å². The molecule has 2 N–H and O–H groups in total. The number of aromatic nitrogens is 1. The van der Waals surface area contributed by atoms with Crippen LogP contribution < -0.4 is 10.6 Å². The summed E-state index contributed by atoms with van der Waals surface area (Å²) >= 11 is 1.64. The second kappa shape index (κ2) is 10.4. The number of hydrogen-bond donors (Lipinski definition) is 2. The fraction of sp³-hybridized carbons (Fsp3) is 0.320. The number of carbonyl (C=O) groups excluding carboxylic acids is 2. The number of nitrogens with zero attached hydrogens (tertiary/aromatic N) is 1. The van der Waals surface area contributed by atoms with Gasteiger partial charge in [0.25, 0.3) is 5.91 Å². The van der Waals surface area contributed by atoms with E-state index in [0.29, 0.717) is 12.1 Å². The van der Waals surface area contributed by atoms with Gasteiger partial charge in [0.05, 0.1) is 10.7 Å². The molecule has 3 rings (SSSR count). The van der Waals surface area contributed by atoms with Crippen LogP contribution in [0.1, 0.15) is 40.3 Å². The third kappa shape index (κ3) is 6.25. The Labute approximate surface area is 187 Å². The molecule has 1 aromatic heterocycles. The lowest BCUT2D eigenvalue weighted by molar-refractivity contribution is -0.123. The lowest BCUT2D eigenvalue weighted by atomic mass is 10.0. The molecule has 162 valence electrons. The van der Waals surface area contributed by atoms with Gasteiger partial charge in [-0.1, -0.05) is 55.8 Å². The molecule has 0 fully saturated rings. The van der Waals surface area contributed by atoms with Gasteiger partial charge in [-0.05, 0) is 43.9 Å². The summed E-state index contributed by atoms with van der Waals surface area (Å²) in [5.74, 6) is -0.415. The van der Waals surface area contributed by atoms with Gasteiger partial charge in [-0.2, -0.15) is 0 Å². The molecule has 3 aromatic rings. The normalized spacial score (nSPS) is 11.9. The summed E-state index contributed by atoms with van der Waals surface area (Å²) in [5, 5.41) is 8.94. The zero-order valence-electron chi connectivity index (χ0n) is 18.4. The number of nitrogens with one attached hydrogen (secondary N) is 2. The van der Waals surface area contributed by atoms with Crippen LogP contribution in [0.4, 0.5) is 0 Å². The first-order valence-corrected chi connectivity index (χ1v) is 11.4. The predicted molar refractivity (Wildman–Crippen MR) is 126 cm³/mol. The van der Waals surface area contributed by atoms with Crippen LogP contribution in [0.2, 0.25) is 0 Å². The van der Waals surface area contributed by atoms with E-state index in [-0.39, 0.29) is 17.7 Å². The van der Waals surface area contributed by atoms with Crippen LogP contribution >= 0.6 is 11.3 Å². The molecule has 2 aromatic carbocycles. The SMILES string of the molecule is Cc1ccc(C(=O)NC(C(=O)NCCc2ccc(-c3csc(C)n3)cc2)C(C)C)cc1. The van der Waals surface area contributed by atoms with E-state index in [0.717, 1.165) is 33.8 Å². The van der Waals surface area contributed by atoms with Crippen LogP contribution in [0.3, 0.4) is 0 Å². The highest BCUT2D eigenvalue weighted by Gasteiger charge is 2.24. The molecule has 0 aliphatic carbocycles. The third-order valence-corrected chi connectivity index (χ3v) is 5.90. The summed E-state index contributed by atoms with van der Waals surface area (Å²) in [6.45, 7) is 8.34.